The van der Waals surface area contributed by atoms with Crippen LogP contribution in [0.25, 0.3) is 0 Å². The molecule has 2 unspecified atom stereocenters. The molecule has 0 aromatic heterocycles. The van der Waals surface area contributed by atoms with Crippen LogP contribution in [0.2, 0.25) is 0 Å². The Kier molecular flexibility index (Phi) is 2.76. The molecule has 4 aliphatic carbocycles. The van der Waals surface area contributed by atoms with Crippen molar-refractivity contribution in [3.05, 3.63) is 35.4 Å². The Morgan fingerprint density at radius 2 is 1.76 bits per heavy atom. The van der Waals surface area contributed by atoms with Crippen molar-refractivity contribution in [1.82, 2.24) is 0 Å². The molecule has 5 rings (SSSR count). The smallest absolute Gasteiger partial charge is 0.303 e. The highest BCUT2D eigenvalue weighted by atomic mass is 16.4. The Hall–Kier alpha value is -1.31. The molecule has 0 radical (unpaired) electrons. The molecular weight excluding hydrogens is 260 g/mol. The van der Waals surface area contributed by atoms with Gasteiger partial charge in [-0.3, -0.25) is 4.79 Å². The summed E-state index contributed by atoms with van der Waals surface area (Å²) < 4.78 is 0. The molecule has 2 nitrogen and oxygen atoms in total. The van der Waals surface area contributed by atoms with Crippen LogP contribution in [0.1, 0.15) is 56.1 Å². The van der Waals surface area contributed by atoms with Crippen molar-refractivity contribution in [2.45, 2.75) is 57.3 Å². The van der Waals surface area contributed by atoms with Crippen LogP contribution in [0.3, 0.4) is 0 Å². The molecule has 4 bridgehead atoms. The molecule has 4 atom stereocenters. The van der Waals surface area contributed by atoms with Crippen molar-refractivity contribution in [2.75, 3.05) is 0 Å². The first-order chi connectivity index (χ1) is 9.99. The summed E-state index contributed by atoms with van der Waals surface area (Å²) in [5.74, 6) is 0.912. The third-order valence-corrected chi connectivity index (χ3v) is 6.37. The van der Waals surface area contributed by atoms with Crippen LogP contribution in [-0.2, 0) is 10.2 Å². The fourth-order valence-corrected chi connectivity index (χ4v) is 6.22. The quantitative estimate of drug-likeness (QED) is 0.898. The van der Waals surface area contributed by atoms with Gasteiger partial charge in [-0.05, 0) is 73.7 Å². The molecule has 4 aliphatic rings. The summed E-state index contributed by atoms with van der Waals surface area (Å²) in [4.78, 5) is 11.4. The Labute approximate surface area is 126 Å². The third kappa shape index (κ3) is 2.11. The molecule has 0 spiro atoms. The predicted molar refractivity (Wildman–Crippen MR) is 82.2 cm³/mol. The molecule has 0 amide bonds. The topological polar surface area (TPSA) is 37.3 Å². The van der Waals surface area contributed by atoms with Gasteiger partial charge in [-0.2, -0.15) is 0 Å². The normalized spacial score (nSPS) is 40.4. The molecule has 4 fully saturated rings. The van der Waals surface area contributed by atoms with Gasteiger partial charge in [-0.1, -0.05) is 29.8 Å². The van der Waals surface area contributed by atoms with E-state index in [-0.39, 0.29) is 10.8 Å². The Bertz CT molecular complexity index is 558. The monoisotopic (exact) mass is 284 g/mol. The zero-order valence-electron chi connectivity index (χ0n) is 12.8. The number of hydrogen-bond acceptors (Lipinski definition) is 1. The molecule has 0 heterocycles. The van der Waals surface area contributed by atoms with Gasteiger partial charge in [0.2, 0.25) is 0 Å². The lowest BCUT2D eigenvalue weighted by Gasteiger charge is -2.62. The van der Waals surface area contributed by atoms with Gasteiger partial charge in [-0.15, -0.1) is 0 Å². The molecule has 1 aromatic rings. The molecule has 1 aromatic carbocycles. The lowest BCUT2D eigenvalue weighted by molar-refractivity contribution is -0.146. The zero-order chi connectivity index (χ0) is 14.7. The SMILES string of the molecule is Cc1ccc(C23C[C@@H]4C[C@@H](CC(CC(=O)O)(C4)C2)C3)cc1. The number of aryl methyl sites for hydroxylation is 1. The summed E-state index contributed by atoms with van der Waals surface area (Å²) in [6.07, 6.45) is 7.71. The van der Waals surface area contributed by atoms with Crippen LogP contribution in [0, 0.1) is 24.2 Å². The summed E-state index contributed by atoms with van der Waals surface area (Å²) in [5, 5.41) is 9.36. The van der Waals surface area contributed by atoms with Crippen LogP contribution in [0.15, 0.2) is 24.3 Å². The van der Waals surface area contributed by atoms with E-state index < -0.39 is 5.97 Å². The lowest BCUT2D eigenvalue weighted by Crippen LogP contribution is -2.54. The fourth-order valence-electron chi connectivity index (χ4n) is 6.22. The van der Waals surface area contributed by atoms with Crippen molar-refractivity contribution in [3.8, 4) is 0 Å². The Morgan fingerprint density at radius 3 is 2.33 bits per heavy atom. The van der Waals surface area contributed by atoms with Crippen LogP contribution < -0.4 is 0 Å². The highest BCUT2D eigenvalue weighted by molar-refractivity contribution is 5.68. The van der Waals surface area contributed by atoms with E-state index in [1.807, 2.05) is 0 Å². The standard InChI is InChI=1S/C19H24O2/c1-13-2-4-16(5-3-13)19-9-14-6-15(10-19)8-18(7-14,12-19)11-17(20)21/h2-5,14-15H,6-12H2,1H3,(H,20,21)/t14-,15+,18?,19?. The molecule has 0 aliphatic heterocycles. The van der Waals surface area contributed by atoms with Gasteiger partial charge in [0.05, 0.1) is 6.42 Å². The van der Waals surface area contributed by atoms with Crippen molar-refractivity contribution >= 4 is 5.97 Å². The molecule has 112 valence electrons. The van der Waals surface area contributed by atoms with Crippen LogP contribution in [-0.4, -0.2) is 11.1 Å². The van der Waals surface area contributed by atoms with Gasteiger partial charge in [-0.25, -0.2) is 0 Å². The van der Waals surface area contributed by atoms with Gasteiger partial charge in [0.25, 0.3) is 0 Å². The number of aliphatic carboxylic acids is 1. The van der Waals surface area contributed by atoms with Crippen molar-refractivity contribution in [2.24, 2.45) is 17.3 Å². The number of carbonyl (C=O) groups is 1. The minimum Gasteiger partial charge on any atom is -0.481 e. The van der Waals surface area contributed by atoms with E-state index in [0.29, 0.717) is 6.42 Å². The lowest BCUT2D eigenvalue weighted by atomic mass is 9.42. The van der Waals surface area contributed by atoms with Crippen LogP contribution in [0.5, 0.6) is 0 Å². The Morgan fingerprint density at radius 1 is 1.14 bits per heavy atom. The first-order valence-corrected chi connectivity index (χ1v) is 8.28. The molecule has 2 heteroatoms. The predicted octanol–water partition coefficient (Wildman–Crippen LogP) is 4.31. The van der Waals surface area contributed by atoms with Crippen molar-refractivity contribution in [1.29, 1.82) is 0 Å². The zero-order valence-corrected chi connectivity index (χ0v) is 12.8. The third-order valence-electron chi connectivity index (χ3n) is 6.37. The molecule has 21 heavy (non-hydrogen) atoms. The van der Waals surface area contributed by atoms with E-state index in [0.717, 1.165) is 31.1 Å². The summed E-state index contributed by atoms with van der Waals surface area (Å²) in [5.41, 5.74) is 3.13. The molecular formula is C19H24O2. The second-order valence-corrected chi connectivity index (χ2v) is 8.18. The Balaban J connectivity index is 1.73. The average molecular weight is 284 g/mol. The fraction of sp³-hybridized carbons (Fsp3) is 0.632. The number of carboxylic acids is 1. The van der Waals surface area contributed by atoms with Crippen LogP contribution >= 0.6 is 0 Å². The summed E-state index contributed by atoms with van der Waals surface area (Å²) in [7, 11) is 0. The van der Waals surface area contributed by atoms with E-state index in [1.54, 1.807) is 0 Å². The first-order valence-electron chi connectivity index (χ1n) is 8.28. The van der Waals surface area contributed by atoms with Gasteiger partial charge in [0.1, 0.15) is 0 Å². The van der Waals surface area contributed by atoms with Crippen molar-refractivity contribution < 1.29 is 9.90 Å². The van der Waals surface area contributed by atoms with E-state index >= 15 is 0 Å². The van der Waals surface area contributed by atoms with E-state index in [1.165, 1.54) is 30.4 Å². The number of carboxylic acid groups (broad SMARTS) is 1. The number of hydrogen-bond donors (Lipinski definition) is 1. The maximum atomic E-state index is 11.4. The maximum Gasteiger partial charge on any atom is 0.303 e. The van der Waals surface area contributed by atoms with Gasteiger partial charge in [0.15, 0.2) is 0 Å². The summed E-state index contributed by atoms with van der Waals surface area (Å²) >= 11 is 0. The molecule has 0 saturated heterocycles. The maximum absolute atomic E-state index is 11.4. The van der Waals surface area contributed by atoms with E-state index in [9.17, 15) is 9.90 Å². The minimum atomic E-state index is -0.601. The van der Waals surface area contributed by atoms with Gasteiger partial charge < -0.3 is 5.11 Å². The second kappa shape index (κ2) is 4.34. The summed E-state index contributed by atoms with van der Waals surface area (Å²) in [6.45, 7) is 2.13. The van der Waals surface area contributed by atoms with Crippen molar-refractivity contribution in [3.63, 3.8) is 0 Å². The summed E-state index contributed by atoms with van der Waals surface area (Å²) in [6, 6.07) is 9.05. The van der Waals surface area contributed by atoms with Gasteiger partial charge in [0, 0.05) is 0 Å². The highest BCUT2D eigenvalue weighted by Gasteiger charge is 2.58. The van der Waals surface area contributed by atoms with E-state index in [4.69, 9.17) is 0 Å². The molecule has 4 saturated carbocycles. The second-order valence-electron chi connectivity index (χ2n) is 8.18. The van der Waals surface area contributed by atoms with Crippen LogP contribution in [0.4, 0.5) is 0 Å². The number of rotatable bonds is 3. The first kappa shape index (κ1) is 13.4. The largest absolute Gasteiger partial charge is 0.481 e. The molecule has 1 N–H and O–H groups in total. The number of benzene rings is 1. The van der Waals surface area contributed by atoms with E-state index in [2.05, 4.69) is 31.2 Å². The minimum absolute atomic E-state index is 0.0841. The van der Waals surface area contributed by atoms with Gasteiger partial charge >= 0.3 is 5.97 Å². The highest BCUT2D eigenvalue weighted by Crippen LogP contribution is 2.66. The average Bonchev–Trinajstić information content (AvgIpc) is 2.35.